The first-order chi connectivity index (χ1) is 25.6. The van der Waals surface area contributed by atoms with Gasteiger partial charge in [0.2, 0.25) is 5.82 Å². The van der Waals surface area contributed by atoms with Crippen LogP contribution in [-0.2, 0) is 11.3 Å². The van der Waals surface area contributed by atoms with Crippen LogP contribution in [0.15, 0.2) is 85.2 Å². The molecule has 0 spiro atoms. The molecule has 1 aromatic carbocycles. The van der Waals surface area contributed by atoms with Gasteiger partial charge in [-0.1, -0.05) is 59.8 Å². The van der Waals surface area contributed by atoms with Gasteiger partial charge in [-0.05, 0) is 73.0 Å². The van der Waals surface area contributed by atoms with Gasteiger partial charge in [0.25, 0.3) is 0 Å². The third kappa shape index (κ3) is 10.3. The number of carbonyl (C=O) groups is 1. The lowest BCUT2D eigenvalue weighted by Crippen LogP contribution is -2.38. The van der Waals surface area contributed by atoms with Crippen molar-refractivity contribution >= 4 is 34.8 Å². The number of likely N-dealkylation sites (tertiary alicyclic amines) is 1. The van der Waals surface area contributed by atoms with Gasteiger partial charge in [-0.25, -0.2) is 24.9 Å². The molecule has 1 aliphatic heterocycles. The lowest BCUT2D eigenvalue weighted by Gasteiger charge is -2.32. The first-order valence-electron chi connectivity index (χ1n) is 18.0. The number of anilines is 2. The zero-order valence-corrected chi connectivity index (χ0v) is 31.3. The third-order valence-electron chi connectivity index (χ3n) is 7.88. The van der Waals surface area contributed by atoms with E-state index in [-0.39, 0.29) is 5.82 Å². The third-order valence-corrected chi connectivity index (χ3v) is 7.88. The van der Waals surface area contributed by atoms with Gasteiger partial charge < -0.3 is 16.4 Å². The van der Waals surface area contributed by atoms with E-state index in [0.29, 0.717) is 45.9 Å². The summed E-state index contributed by atoms with van der Waals surface area (Å²) in [5, 5.41) is 15.7. The van der Waals surface area contributed by atoms with E-state index in [1.165, 1.54) is 11.6 Å². The van der Waals surface area contributed by atoms with Crippen LogP contribution in [0.4, 0.5) is 11.6 Å². The van der Waals surface area contributed by atoms with Crippen molar-refractivity contribution in [2.45, 2.75) is 67.0 Å². The summed E-state index contributed by atoms with van der Waals surface area (Å²) in [6.07, 6.45) is 10.9. The SMILES string of the molecule is CC.CC.CC.CN/C(=C\C=C/C=O)c1ccc2nc(-c3cccnc3N)n(-c3ccc(CN4CCC(Nc5ccnc(C#N)n5)CC4)cc3)c2n1. The zero-order valence-electron chi connectivity index (χ0n) is 31.3. The van der Waals surface area contributed by atoms with E-state index in [9.17, 15) is 4.79 Å². The Kier molecular flexibility index (Phi) is 16.6. The molecule has 0 atom stereocenters. The van der Waals surface area contributed by atoms with E-state index < -0.39 is 0 Å². The second-order valence-corrected chi connectivity index (χ2v) is 10.8. The van der Waals surface area contributed by atoms with E-state index in [1.807, 2.05) is 83.5 Å². The molecular formula is C40H51N11O. The summed E-state index contributed by atoms with van der Waals surface area (Å²) in [5.41, 5.74) is 12.0. The van der Waals surface area contributed by atoms with E-state index in [1.54, 1.807) is 30.6 Å². The number of allylic oxidation sites excluding steroid dienone is 3. The normalized spacial score (nSPS) is 13.1. The number of nitrogens with one attached hydrogen (secondary N) is 2. The maximum Gasteiger partial charge on any atom is 0.234 e. The van der Waals surface area contributed by atoms with Crippen LogP contribution in [0, 0.1) is 11.3 Å². The molecule has 0 saturated carbocycles. The summed E-state index contributed by atoms with van der Waals surface area (Å²) < 4.78 is 2.01. The van der Waals surface area contributed by atoms with Gasteiger partial charge in [-0.15, -0.1) is 0 Å². The minimum Gasteiger partial charge on any atom is -0.386 e. The molecule has 12 nitrogen and oxygen atoms in total. The number of nitrogens with two attached hydrogens (primary N) is 1. The number of pyridine rings is 2. The van der Waals surface area contributed by atoms with Crippen molar-refractivity contribution in [3.63, 3.8) is 0 Å². The average molecular weight is 702 g/mol. The van der Waals surface area contributed by atoms with Gasteiger partial charge in [0.05, 0.1) is 17.0 Å². The van der Waals surface area contributed by atoms with Crippen molar-refractivity contribution in [2.75, 3.05) is 31.2 Å². The fourth-order valence-electron chi connectivity index (χ4n) is 5.58. The van der Waals surface area contributed by atoms with Crippen LogP contribution in [0.1, 0.15) is 71.5 Å². The largest absolute Gasteiger partial charge is 0.386 e. The molecule has 52 heavy (non-hydrogen) atoms. The summed E-state index contributed by atoms with van der Waals surface area (Å²) in [5.74, 6) is 1.89. The summed E-state index contributed by atoms with van der Waals surface area (Å²) in [6, 6.07) is 20.1. The number of aldehydes is 1. The Morgan fingerprint density at radius 2 is 1.65 bits per heavy atom. The van der Waals surface area contributed by atoms with Crippen molar-refractivity contribution in [2.24, 2.45) is 0 Å². The lowest BCUT2D eigenvalue weighted by atomic mass is 10.0. The van der Waals surface area contributed by atoms with Crippen LogP contribution < -0.4 is 16.4 Å². The molecular weight excluding hydrogens is 651 g/mol. The maximum atomic E-state index is 10.8. The Bertz CT molecular complexity index is 1950. The molecule has 0 unspecified atom stereocenters. The Morgan fingerprint density at radius 3 is 2.31 bits per heavy atom. The van der Waals surface area contributed by atoms with Crippen molar-refractivity contribution < 1.29 is 4.79 Å². The summed E-state index contributed by atoms with van der Waals surface area (Å²) in [4.78, 5) is 35.6. The van der Waals surface area contributed by atoms with Crippen LogP contribution in [-0.4, -0.2) is 66.9 Å². The monoisotopic (exact) mass is 701 g/mol. The molecule has 12 heteroatoms. The molecule has 1 aliphatic rings. The number of hydrogen-bond acceptors (Lipinski definition) is 11. The van der Waals surface area contributed by atoms with Gasteiger partial charge >= 0.3 is 0 Å². The van der Waals surface area contributed by atoms with Crippen LogP contribution in [0.25, 0.3) is 33.9 Å². The fraction of sp³-hybridized carbons (Fsp3) is 0.325. The number of imidazole rings is 1. The molecule has 1 fully saturated rings. The van der Waals surface area contributed by atoms with Gasteiger partial charge in [0, 0.05) is 50.8 Å². The number of benzene rings is 1. The Hall–Kier alpha value is -5.93. The molecule has 4 aromatic heterocycles. The van der Waals surface area contributed by atoms with Gasteiger partial charge in [0.1, 0.15) is 29.5 Å². The standard InChI is InChI=1S/C34H33N11O.3C2H6/c1-37-27(6-2-3-20-46)28-11-12-29-34(41-28)45(33(42-29)26-5-4-16-39-32(26)36)25-9-7-23(8-10-25)22-44-18-14-24(15-19-44)40-30-13-17-38-31(21-35)43-30;3*1-2/h2-13,16-17,20,24,37H,14-15,18-19,22H2,1H3,(H2,36,39)(H,38,40,43);3*1-2H3/b3-2-,27-6-;;;. The number of piperidine rings is 1. The predicted molar refractivity (Wildman–Crippen MR) is 211 cm³/mol. The highest BCUT2D eigenvalue weighted by Gasteiger charge is 2.21. The van der Waals surface area contributed by atoms with Crippen LogP contribution in [0.2, 0.25) is 0 Å². The molecule has 272 valence electrons. The highest BCUT2D eigenvalue weighted by molar-refractivity contribution is 5.84. The first kappa shape index (κ1) is 40.5. The second-order valence-electron chi connectivity index (χ2n) is 10.8. The topological polar surface area (TPSA) is 164 Å². The van der Waals surface area contributed by atoms with Crippen LogP contribution >= 0.6 is 0 Å². The molecule has 0 amide bonds. The van der Waals surface area contributed by atoms with Crippen LogP contribution in [0.3, 0.4) is 0 Å². The van der Waals surface area contributed by atoms with Crippen molar-refractivity contribution in [3.05, 3.63) is 102 Å². The molecule has 0 bridgehead atoms. The van der Waals surface area contributed by atoms with Gasteiger partial charge in [0.15, 0.2) is 11.5 Å². The van der Waals surface area contributed by atoms with E-state index >= 15 is 0 Å². The quantitative estimate of drug-likeness (QED) is 0.0767. The number of hydrogen-bond donors (Lipinski definition) is 3. The van der Waals surface area contributed by atoms with E-state index in [0.717, 1.165) is 50.1 Å². The van der Waals surface area contributed by atoms with Crippen molar-refractivity contribution in [1.29, 1.82) is 5.26 Å². The highest BCUT2D eigenvalue weighted by atomic mass is 16.1. The maximum absolute atomic E-state index is 10.8. The molecule has 0 radical (unpaired) electrons. The van der Waals surface area contributed by atoms with E-state index in [4.69, 9.17) is 21.0 Å². The minimum atomic E-state index is 0.171. The Labute approximate surface area is 307 Å². The summed E-state index contributed by atoms with van der Waals surface area (Å²) in [7, 11) is 1.81. The fourth-order valence-corrected chi connectivity index (χ4v) is 5.58. The Balaban J connectivity index is 0.00000116. The second kappa shape index (κ2) is 21.3. The van der Waals surface area contributed by atoms with Gasteiger partial charge in [-0.2, -0.15) is 5.26 Å². The summed E-state index contributed by atoms with van der Waals surface area (Å²) in [6.45, 7) is 14.7. The van der Waals surface area contributed by atoms with E-state index in [2.05, 4.69) is 54.8 Å². The predicted octanol–water partition coefficient (Wildman–Crippen LogP) is 7.20. The number of carbonyl (C=O) groups excluding carboxylic acids is 1. The summed E-state index contributed by atoms with van der Waals surface area (Å²) >= 11 is 0. The van der Waals surface area contributed by atoms with Gasteiger partial charge in [-0.3, -0.25) is 14.3 Å². The molecule has 4 N–H and O–H groups in total. The highest BCUT2D eigenvalue weighted by Crippen LogP contribution is 2.31. The number of nitriles is 1. The van der Waals surface area contributed by atoms with Crippen molar-refractivity contribution in [1.82, 2.24) is 39.7 Å². The number of fused-ring (bicyclic) bond motifs is 1. The number of rotatable bonds is 10. The number of nitrogens with zero attached hydrogens (tertiary/aromatic N) is 8. The molecule has 0 aliphatic carbocycles. The Morgan fingerprint density at radius 1 is 0.923 bits per heavy atom. The van der Waals surface area contributed by atoms with Crippen molar-refractivity contribution in [3.8, 4) is 23.1 Å². The number of nitrogen functional groups attached to an aromatic ring is 1. The molecule has 5 aromatic rings. The zero-order chi connectivity index (χ0) is 37.9. The average Bonchev–Trinajstić information content (AvgIpc) is 3.59. The minimum absolute atomic E-state index is 0.171. The van der Waals surface area contributed by atoms with Crippen LogP contribution in [0.5, 0.6) is 0 Å². The molecule has 1 saturated heterocycles. The smallest absolute Gasteiger partial charge is 0.234 e. The number of aromatic nitrogens is 6. The molecule has 6 rings (SSSR count). The lowest BCUT2D eigenvalue weighted by molar-refractivity contribution is -0.104. The molecule has 5 heterocycles. The first-order valence-corrected chi connectivity index (χ1v) is 18.0.